The zero-order chi connectivity index (χ0) is 26.3. The second-order valence-corrected chi connectivity index (χ2v) is 10.4. The van der Waals surface area contributed by atoms with E-state index in [1.54, 1.807) is 29.8 Å². The molecule has 1 fully saturated rings. The summed E-state index contributed by atoms with van der Waals surface area (Å²) in [6, 6.07) is 7.45. The summed E-state index contributed by atoms with van der Waals surface area (Å²) >= 11 is 0. The van der Waals surface area contributed by atoms with Crippen molar-refractivity contribution in [3.63, 3.8) is 0 Å². The smallest absolute Gasteiger partial charge is 0.265 e. The summed E-state index contributed by atoms with van der Waals surface area (Å²) in [6.45, 7) is 5.68. The normalized spacial score (nSPS) is 16.0. The van der Waals surface area contributed by atoms with Crippen LogP contribution in [0.3, 0.4) is 0 Å². The number of ether oxygens (including phenoxy) is 1. The first-order valence-corrected chi connectivity index (χ1v) is 13.5. The zero-order valence-corrected chi connectivity index (χ0v) is 21.5. The maximum Gasteiger partial charge on any atom is 0.265 e. The van der Waals surface area contributed by atoms with Gasteiger partial charge in [-0.25, -0.2) is 8.42 Å². The van der Waals surface area contributed by atoms with Gasteiger partial charge in [0.2, 0.25) is 10.0 Å². The van der Waals surface area contributed by atoms with Gasteiger partial charge in [-0.2, -0.15) is 4.31 Å². The Bertz CT molecular complexity index is 1160. The summed E-state index contributed by atoms with van der Waals surface area (Å²) in [4.78, 5) is 27.1. The number of piperazine rings is 1. The highest BCUT2D eigenvalue weighted by Crippen LogP contribution is 2.26. The zero-order valence-electron chi connectivity index (χ0n) is 20.7. The molecule has 3 rings (SSSR count). The number of rotatable bonds is 12. The molecule has 36 heavy (non-hydrogen) atoms. The number of aromatic nitrogens is 1. The summed E-state index contributed by atoms with van der Waals surface area (Å²) in [5, 5.41) is 2.85. The van der Waals surface area contributed by atoms with Crippen LogP contribution in [-0.4, -0.2) is 80.0 Å². The minimum atomic E-state index is -3.86. The van der Waals surface area contributed by atoms with Gasteiger partial charge >= 0.3 is 0 Å². The second-order valence-electron chi connectivity index (χ2n) is 8.44. The van der Waals surface area contributed by atoms with Crippen LogP contribution in [0.4, 0.5) is 4.39 Å². The number of carbonyl (C=O) groups excluding carboxylic acids is 2. The molecule has 2 amide bonds. The molecule has 2 heterocycles. The third-order valence-corrected chi connectivity index (χ3v) is 8.02. The molecule has 1 saturated heterocycles. The average Bonchev–Trinajstić information content (AvgIpc) is 3.36. The van der Waals surface area contributed by atoms with Crippen molar-refractivity contribution in [3.05, 3.63) is 47.8 Å². The molecular weight excluding hydrogens is 489 g/mol. The molecule has 1 unspecified atom stereocenters. The van der Waals surface area contributed by atoms with Gasteiger partial charge in [0.1, 0.15) is 17.6 Å². The molecule has 1 atom stereocenters. The number of hydrogen-bond donors (Lipinski definition) is 2. The number of amides is 2. The van der Waals surface area contributed by atoms with Crippen LogP contribution in [0, 0.1) is 0 Å². The second kappa shape index (κ2) is 12.3. The van der Waals surface area contributed by atoms with Crippen molar-refractivity contribution in [1.82, 2.24) is 19.1 Å². The van der Waals surface area contributed by atoms with Gasteiger partial charge in [-0.05, 0) is 50.1 Å². The molecule has 0 spiro atoms. The minimum absolute atomic E-state index is 0.0138. The Morgan fingerprint density at radius 2 is 1.89 bits per heavy atom. The number of sulfonamides is 1. The van der Waals surface area contributed by atoms with Crippen LogP contribution in [0.2, 0.25) is 0 Å². The summed E-state index contributed by atoms with van der Waals surface area (Å²) in [5.41, 5.74) is 5.76. The van der Waals surface area contributed by atoms with Gasteiger partial charge in [-0.1, -0.05) is 6.92 Å². The number of nitrogens with zero attached hydrogens (tertiary/aromatic N) is 3. The molecule has 1 aromatic heterocycles. The van der Waals surface area contributed by atoms with Crippen LogP contribution in [0.15, 0.2) is 41.4 Å². The number of nitrogens with one attached hydrogen (secondary N) is 1. The van der Waals surface area contributed by atoms with Crippen LogP contribution in [-0.2, 0) is 10.0 Å². The van der Waals surface area contributed by atoms with Gasteiger partial charge in [-0.3, -0.25) is 14.0 Å². The Balaban J connectivity index is 1.85. The Morgan fingerprint density at radius 3 is 2.50 bits per heavy atom. The lowest BCUT2D eigenvalue weighted by atomic mass is 10.1. The molecular formula is C24H34FN5O5S. The first-order valence-electron chi connectivity index (χ1n) is 12.1. The molecule has 10 nitrogen and oxygen atoms in total. The van der Waals surface area contributed by atoms with Gasteiger partial charge < -0.3 is 25.3 Å². The number of primary amides is 1. The number of halogens is 1. The van der Waals surface area contributed by atoms with Gasteiger partial charge in [0.25, 0.3) is 11.8 Å². The number of carbonyl (C=O) groups is 2. The van der Waals surface area contributed by atoms with Gasteiger partial charge in [0, 0.05) is 38.9 Å². The SMILES string of the molecule is CCOc1ccc(S(=O)(=O)N2CCN(CCCF)CC2)cc1C(=O)NC(CC)n1cccc1C(N)=O. The van der Waals surface area contributed by atoms with Gasteiger partial charge in [0.15, 0.2) is 0 Å². The van der Waals surface area contributed by atoms with Crippen molar-refractivity contribution in [2.24, 2.45) is 5.73 Å². The molecule has 0 saturated carbocycles. The van der Waals surface area contributed by atoms with Crippen molar-refractivity contribution >= 4 is 21.8 Å². The molecule has 0 bridgehead atoms. The molecule has 1 aromatic carbocycles. The maximum atomic E-state index is 13.4. The van der Waals surface area contributed by atoms with E-state index in [0.717, 1.165) is 0 Å². The van der Waals surface area contributed by atoms with Gasteiger partial charge in [0.05, 0.1) is 23.7 Å². The predicted octanol–water partition coefficient (Wildman–Crippen LogP) is 1.99. The van der Waals surface area contributed by atoms with E-state index < -0.39 is 34.7 Å². The average molecular weight is 524 g/mol. The van der Waals surface area contributed by atoms with E-state index in [1.165, 1.54) is 22.5 Å². The van der Waals surface area contributed by atoms with Crippen LogP contribution in [0.25, 0.3) is 0 Å². The maximum absolute atomic E-state index is 13.4. The predicted molar refractivity (Wildman–Crippen MR) is 133 cm³/mol. The standard InChI is InChI=1S/C24H34FN5O5S/c1-3-22(30-12-5-7-20(30)23(26)31)27-24(32)19-17-18(8-9-21(19)35-4-2)36(33,34)29-15-13-28(14-16-29)11-6-10-25/h5,7-9,12,17,22H,3-4,6,10-11,13-16H2,1-2H3,(H2,26,31)(H,27,32). The van der Waals surface area contributed by atoms with Crippen LogP contribution < -0.4 is 15.8 Å². The van der Waals surface area contributed by atoms with Crippen molar-refractivity contribution < 1.29 is 27.1 Å². The number of alkyl halides is 1. The quantitative estimate of drug-likeness (QED) is 0.438. The van der Waals surface area contributed by atoms with Gasteiger partial charge in [-0.15, -0.1) is 0 Å². The first-order chi connectivity index (χ1) is 17.2. The van der Waals surface area contributed by atoms with E-state index in [9.17, 15) is 22.4 Å². The van der Waals surface area contributed by atoms with E-state index in [-0.39, 0.29) is 41.6 Å². The Kier molecular flexibility index (Phi) is 9.46. The topological polar surface area (TPSA) is 127 Å². The molecule has 198 valence electrons. The Labute approximate surface area is 211 Å². The van der Waals surface area contributed by atoms with Crippen molar-refractivity contribution in [2.45, 2.75) is 37.8 Å². The van der Waals surface area contributed by atoms with Crippen molar-refractivity contribution in [3.8, 4) is 5.75 Å². The lowest BCUT2D eigenvalue weighted by molar-refractivity contribution is 0.0902. The third-order valence-electron chi connectivity index (χ3n) is 6.12. The molecule has 1 aliphatic heterocycles. The van der Waals surface area contributed by atoms with Crippen LogP contribution >= 0.6 is 0 Å². The van der Waals surface area contributed by atoms with E-state index in [2.05, 4.69) is 5.32 Å². The summed E-state index contributed by atoms with van der Waals surface area (Å²) in [7, 11) is -3.86. The highest BCUT2D eigenvalue weighted by molar-refractivity contribution is 7.89. The number of hydrogen-bond acceptors (Lipinski definition) is 6. The molecule has 0 aliphatic carbocycles. The molecule has 12 heteroatoms. The largest absolute Gasteiger partial charge is 0.493 e. The van der Waals surface area contributed by atoms with E-state index in [4.69, 9.17) is 10.5 Å². The minimum Gasteiger partial charge on any atom is -0.493 e. The van der Waals surface area contributed by atoms with E-state index >= 15 is 0 Å². The fourth-order valence-corrected chi connectivity index (χ4v) is 5.68. The van der Waals surface area contributed by atoms with E-state index in [1.807, 2.05) is 11.8 Å². The fraction of sp³-hybridized carbons (Fsp3) is 0.500. The summed E-state index contributed by atoms with van der Waals surface area (Å²) in [6.07, 6.45) is 1.94. The first kappa shape index (κ1) is 27.6. The van der Waals surface area contributed by atoms with Crippen LogP contribution in [0.5, 0.6) is 5.75 Å². The molecule has 2 aromatic rings. The van der Waals surface area contributed by atoms with Crippen molar-refractivity contribution in [1.29, 1.82) is 0 Å². The molecule has 3 N–H and O–H groups in total. The fourth-order valence-electron chi connectivity index (χ4n) is 4.23. The monoisotopic (exact) mass is 523 g/mol. The number of nitrogens with two attached hydrogens (primary N) is 1. The lowest BCUT2D eigenvalue weighted by Crippen LogP contribution is -2.48. The third kappa shape index (κ3) is 6.23. The van der Waals surface area contributed by atoms with E-state index in [0.29, 0.717) is 32.5 Å². The number of benzene rings is 1. The molecule has 0 radical (unpaired) electrons. The summed E-state index contributed by atoms with van der Waals surface area (Å²) in [5.74, 6) is -0.912. The highest BCUT2D eigenvalue weighted by Gasteiger charge is 2.30. The lowest BCUT2D eigenvalue weighted by Gasteiger charge is -2.33. The summed E-state index contributed by atoms with van der Waals surface area (Å²) < 4.78 is 47.7. The Hall–Kier alpha value is -2.96. The molecule has 1 aliphatic rings. The van der Waals surface area contributed by atoms with Crippen molar-refractivity contribution in [2.75, 3.05) is 46.0 Å². The Morgan fingerprint density at radius 1 is 1.17 bits per heavy atom. The highest BCUT2D eigenvalue weighted by atomic mass is 32.2. The van der Waals surface area contributed by atoms with Crippen LogP contribution in [0.1, 0.15) is 53.7 Å².